The summed E-state index contributed by atoms with van der Waals surface area (Å²) in [4.78, 5) is 4.32. The molecule has 4 heteroatoms. The lowest BCUT2D eigenvalue weighted by atomic mass is 10.0. The Morgan fingerprint density at radius 1 is 1.33 bits per heavy atom. The van der Waals surface area contributed by atoms with Crippen molar-refractivity contribution in [3.63, 3.8) is 0 Å². The molecule has 18 heavy (non-hydrogen) atoms. The molecule has 1 aromatic carbocycles. The Hall–Kier alpha value is -1.32. The third kappa shape index (κ3) is 2.28. The lowest BCUT2D eigenvalue weighted by Crippen LogP contribution is -2.02. The minimum Gasteiger partial charge on any atom is -0.396 e. The molecule has 96 valence electrons. The summed E-state index contributed by atoms with van der Waals surface area (Å²) >= 11 is 6.23. The van der Waals surface area contributed by atoms with Crippen LogP contribution in [0.25, 0.3) is 11.3 Å². The lowest BCUT2D eigenvalue weighted by Gasteiger charge is -2.09. The number of halogens is 1. The highest BCUT2D eigenvalue weighted by Crippen LogP contribution is 2.31. The molecule has 3 nitrogen and oxygen atoms in total. The smallest absolute Gasteiger partial charge is 0.155 e. The molecule has 1 heterocycles. The molecule has 0 saturated carbocycles. The molecule has 0 radical (unpaired) electrons. The maximum Gasteiger partial charge on any atom is 0.155 e. The first-order chi connectivity index (χ1) is 8.54. The number of aliphatic hydroxyl groups is 1. The van der Waals surface area contributed by atoms with Crippen LogP contribution in [0.15, 0.2) is 18.2 Å². The van der Waals surface area contributed by atoms with Crippen molar-refractivity contribution in [2.45, 2.75) is 20.3 Å². The van der Waals surface area contributed by atoms with Crippen LogP contribution in [0, 0.1) is 13.8 Å². The standard InChI is InChI=1S/C14H17ClN2O/c1-9-4-5-10(2)11(8-9)13-14(15)16-12(6-7-18)17(13)3/h4-5,8,18H,6-7H2,1-3H3. The molecule has 1 N–H and O–H groups in total. The van der Waals surface area contributed by atoms with E-state index in [0.717, 1.165) is 17.1 Å². The van der Waals surface area contributed by atoms with Gasteiger partial charge in [0.25, 0.3) is 0 Å². The molecular weight excluding hydrogens is 248 g/mol. The molecular formula is C14H17ClN2O. The molecule has 0 bridgehead atoms. The van der Waals surface area contributed by atoms with Gasteiger partial charge in [-0.3, -0.25) is 0 Å². The van der Waals surface area contributed by atoms with E-state index in [1.54, 1.807) is 0 Å². The van der Waals surface area contributed by atoms with Gasteiger partial charge in [-0.1, -0.05) is 29.3 Å². The van der Waals surface area contributed by atoms with Gasteiger partial charge in [0.15, 0.2) is 5.15 Å². The molecule has 0 unspecified atom stereocenters. The fourth-order valence-corrected chi connectivity index (χ4v) is 2.44. The third-order valence-corrected chi connectivity index (χ3v) is 3.39. The van der Waals surface area contributed by atoms with Gasteiger partial charge in [0.05, 0.1) is 12.3 Å². The Morgan fingerprint density at radius 3 is 2.72 bits per heavy atom. The monoisotopic (exact) mass is 264 g/mol. The number of hydrogen-bond donors (Lipinski definition) is 1. The number of imidazole rings is 1. The van der Waals surface area contributed by atoms with Gasteiger partial charge in [-0.05, 0) is 25.5 Å². The second kappa shape index (κ2) is 5.12. The van der Waals surface area contributed by atoms with Crippen molar-refractivity contribution >= 4 is 11.6 Å². The van der Waals surface area contributed by atoms with Gasteiger partial charge in [0.1, 0.15) is 5.82 Å². The summed E-state index contributed by atoms with van der Waals surface area (Å²) in [5, 5.41) is 9.51. The largest absolute Gasteiger partial charge is 0.396 e. The maximum atomic E-state index is 9.02. The Kier molecular flexibility index (Phi) is 3.73. The SMILES string of the molecule is Cc1ccc(C)c(-c2c(Cl)nc(CCO)n2C)c1. The van der Waals surface area contributed by atoms with E-state index in [2.05, 4.69) is 37.0 Å². The fourth-order valence-electron chi connectivity index (χ4n) is 2.12. The van der Waals surface area contributed by atoms with E-state index in [1.165, 1.54) is 11.1 Å². The van der Waals surface area contributed by atoms with Crippen molar-refractivity contribution < 1.29 is 5.11 Å². The molecule has 0 fully saturated rings. The van der Waals surface area contributed by atoms with Crippen molar-refractivity contribution in [2.24, 2.45) is 7.05 Å². The number of rotatable bonds is 3. The van der Waals surface area contributed by atoms with Crippen molar-refractivity contribution in [3.05, 3.63) is 40.3 Å². The van der Waals surface area contributed by atoms with Crippen LogP contribution in [0.1, 0.15) is 17.0 Å². The minimum absolute atomic E-state index is 0.0768. The molecule has 0 atom stereocenters. The van der Waals surface area contributed by atoms with Crippen LogP contribution in [0.5, 0.6) is 0 Å². The van der Waals surface area contributed by atoms with Gasteiger partial charge in [0, 0.05) is 19.0 Å². The summed E-state index contributed by atoms with van der Waals surface area (Å²) in [5.74, 6) is 0.804. The number of aliphatic hydroxyl groups excluding tert-OH is 1. The summed E-state index contributed by atoms with van der Waals surface area (Å²) in [5.41, 5.74) is 4.37. The van der Waals surface area contributed by atoms with Crippen LogP contribution in [0.2, 0.25) is 5.15 Å². The van der Waals surface area contributed by atoms with Gasteiger partial charge >= 0.3 is 0 Å². The second-order valence-electron chi connectivity index (χ2n) is 4.52. The first-order valence-electron chi connectivity index (χ1n) is 5.94. The van der Waals surface area contributed by atoms with E-state index < -0.39 is 0 Å². The number of nitrogens with zero attached hydrogens (tertiary/aromatic N) is 2. The van der Waals surface area contributed by atoms with Crippen LogP contribution >= 0.6 is 11.6 Å². The van der Waals surface area contributed by atoms with Crippen LogP contribution in [0.3, 0.4) is 0 Å². The molecule has 0 aliphatic heterocycles. The summed E-state index contributed by atoms with van der Waals surface area (Å²) in [6.07, 6.45) is 0.515. The van der Waals surface area contributed by atoms with E-state index >= 15 is 0 Å². The van der Waals surface area contributed by atoms with Gasteiger partial charge in [-0.2, -0.15) is 0 Å². The van der Waals surface area contributed by atoms with Crippen molar-refractivity contribution in [1.29, 1.82) is 0 Å². The molecule has 1 aromatic heterocycles. The fraction of sp³-hybridized carbons (Fsp3) is 0.357. The maximum absolute atomic E-state index is 9.02. The summed E-state index contributed by atoms with van der Waals surface area (Å²) in [7, 11) is 1.93. The second-order valence-corrected chi connectivity index (χ2v) is 4.88. The van der Waals surface area contributed by atoms with Gasteiger partial charge in [-0.25, -0.2) is 4.98 Å². The van der Waals surface area contributed by atoms with Gasteiger partial charge in [0.2, 0.25) is 0 Å². The van der Waals surface area contributed by atoms with Crippen LogP contribution in [-0.2, 0) is 13.5 Å². The molecule has 0 aliphatic rings. The average molecular weight is 265 g/mol. The summed E-state index contributed by atoms with van der Waals surface area (Å²) < 4.78 is 1.96. The Labute approximate surface area is 112 Å². The third-order valence-electron chi connectivity index (χ3n) is 3.13. The Bertz CT molecular complexity index is 575. The lowest BCUT2D eigenvalue weighted by molar-refractivity contribution is 0.295. The van der Waals surface area contributed by atoms with Crippen LogP contribution < -0.4 is 0 Å². The highest BCUT2D eigenvalue weighted by molar-refractivity contribution is 6.32. The number of hydrogen-bond acceptors (Lipinski definition) is 2. The molecule has 0 spiro atoms. The quantitative estimate of drug-likeness (QED) is 0.926. The Morgan fingerprint density at radius 2 is 2.06 bits per heavy atom. The van der Waals surface area contributed by atoms with E-state index in [9.17, 15) is 0 Å². The zero-order valence-corrected chi connectivity index (χ0v) is 11.6. The van der Waals surface area contributed by atoms with E-state index in [4.69, 9.17) is 16.7 Å². The van der Waals surface area contributed by atoms with Gasteiger partial charge in [-0.15, -0.1) is 0 Å². The van der Waals surface area contributed by atoms with Crippen LogP contribution in [0.4, 0.5) is 0 Å². The molecule has 2 aromatic rings. The average Bonchev–Trinajstić information content (AvgIpc) is 2.59. The number of benzene rings is 1. The van der Waals surface area contributed by atoms with Crippen molar-refractivity contribution in [2.75, 3.05) is 6.61 Å². The number of aromatic nitrogens is 2. The first kappa shape index (κ1) is 13.1. The predicted molar refractivity (Wildman–Crippen MR) is 73.9 cm³/mol. The number of aryl methyl sites for hydroxylation is 2. The zero-order chi connectivity index (χ0) is 13.3. The summed E-state index contributed by atoms with van der Waals surface area (Å²) in [6.45, 7) is 4.19. The highest BCUT2D eigenvalue weighted by atomic mass is 35.5. The molecule has 0 aliphatic carbocycles. The Balaban J connectivity index is 2.60. The molecule has 0 amide bonds. The van der Waals surface area contributed by atoms with Crippen LogP contribution in [-0.4, -0.2) is 21.3 Å². The van der Waals surface area contributed by atoms with E-state index in [1.807, 2.05) is 11.6 Å². The topological polar surface area (TPSA) is 38.1 Å². The van der Waals surface area contributed by atoms with Crippen molar-refractivity contribution in [3.8, 4) is 11.3 Å². The van der Waals surface area contributed by atoms with Crippen molar-refractivity contribution in [1.82, 2.24) is 9.55 Å². The summed E-state index contributed by atoms with van der Waals surface area (Å²) in [6, 6.07) is 6.28. The molecule has 2 rings (SSSR count). The zero-order valence-electron chi connectivity index (χ0n) is 10.9. The minimum atomic E-state index is 0.0768. The normalized spacial score (nSPS) is 10.9. The van der Waals surface area contributed by atoms with E-state index in [-0.39, 0.29) is 6.61 Å². The van der Waals surface area contributed by atoms with Gasteiger partial charge < -0.3 is 9.67 Å². The highest BCUT2D eigenvalue weighted by Gasteiger charge is 2.16. The van der Waals surface area contributed by atoms with E-state index in [0.29, 0.717) is 11.6 Å². The predicted octanol–water partition coefficient (Wildman–Crippen LogP) is 2.89. The first-order valence-corrected chi connectivity index (χ1v) is 6.32. The molecule has 0 saturated heterocycles.